The predicted octanol–water partition coefficient (Wildman–Crippen LogP) is 4.59. The molecule has 3 aromatic heterocycles. The van der Waals surface area contributed by atoms with Crippen LogP contribution in [-0.4, -0.2) is 56.9 Å². The number of pyridine rings is 1. The van der Waals surface area contributed by atoms with Gasteiger partial charge in [-0.1, -0.05) is 24.3 Å². The highest BCUT2D eigenvalue weighted by Crippen LogP contribution is 2.42. The monoisotopic (exact) mass is 542 g/mol. The number of ether oxygens (including phenoxy) is 1. The zero-order valence-corrected chi connectivity index (χ0v) is 23.0. The van der Waals surface area contributed by atoms with Crippen molar-refractivity contribution in [1.29, 1.82) is 0 Å². The number of carbonyl (C=O) groups is 2. The number of nitrogens with zero attached hydrogens (tertiary/aromatic N) is 5. The first-order valence-corrected chi connectivity index (χ1v) is 13.9. The zero-order chi connectivity index (χ0) is 27.1. The number of methoxy groups -OCH3 is 1. The first-order valence-electron chi connectivity index (χ1n) is 13.1. The Balaban J connectivity index is 1.30. The summed E-state index contributed by atoms with van der Waals surface area (Å²) in [6.07, 6.45) is 4.39. The third kappa shape index (κ3) is 5.09. The van der Waals surface area contributed by atoms with Crippen LogP contribution in [0.5, 0.6) is 0 Å². The van der Waals surface area contributed by atoms with Crippen molar-refractivity contribution in [2.45, 2.75) is 51.3 Å². The number of anilines is 1. The van der Waals surface area contributed by atoms with E-state index in [9.17, 15) is 9.59 Å². The molecule has 4 aromatic rings. The fourth-order valence-corrected chi connectivity index (χ4v) is 5.91. The molecule has 1 aromatic carbocycles. The van der Waals surface area contributed by atoms with Gasteiger partial charge in [-0.15, -0.1) is 21.5 Å². The van der Waals surface area contributed by atoms with Gasteiger partial charge in [-0.3, -0.25) is 9.59 Å². The number of rotatable bonds is 7. The highest BCUT2D eigenvalue weighted by molar-refractivity contribution is 7.17. The lowest BCUT2D eigenvalue weighted by molar-refractivity contribution is 0.00840. The van der Waals surface area contributed by atoms with Crippen molar-refractivity contribution in [3.63, 3.8) is 0 Å². The van der Waals surface area contributed by atoms with Crippen LogP contribution >= 0.6 is 11.3 Å². The number of thiophene rings is 1. The fraction of sp³-hybridized carbons (Fsp3) is 0.345. The summed E-state index contributed by atoms with van der Waals surface area (Å²) in [5.41, 5.74) is 3.33. The maximum Gasteiger partial charge on any atom is 0.276 e. The van der Waals surface area contributed by atoms with Crippen LogP contribution < -0.4 is 10.2 Å². The molecule has 200 valence electrons. The summed E-state index contributed by atoms with van der Waals surface area (Å²) in [6.45, 7) is 4.99. The SMILES string of the molecule is COC(C)(C)Cn1cnnc1-c1cccc(C(=O)N2CCc3cc(C(=O)NC4CC4)sc3-c3ccccc32)n1. The second-order valence-electron chi connectivity index (χ2n) is 10.6. The number of hydrogen-bond donors (Lipinski definition) is 1. The summed E-state index contributed by atoms with van der Waals surface area (Å²) in [5, 5.41) is 11.4. The summed E-state index contributed by atoms with van der Waals surface area (Å²) < 4.78 is 7.45. The molecule has 1 fully saturated rings. The largest absolute Gasteiger partial charge is 0.377 e. The van der Waals surface area contributed by atoms with Gasteiger partial charge < -0.3 is 19.5 Å². The van der Waals surface area contributed by atoms with Gasteiger partial charge in [0, 0.05) is 30.1 Å². The van der Waals surface area contributed by atoms with Crippen LogP contribution in [0.1, 0.15) is 52.4 Å². The molecule has 1 aliphatic heterocycles. The lowest BCUT2D eigenvalue weighted by Gasteiger charge is -2.24. The number of fused-ring (bicyclic) bond motifs is 3. The van der Waals surface area contributed by atoms with Gasteiger partial charge in [0.15, 0.2) is 5.82 Å². The van der Waals surface area contributed by atoms with Gasteiger partial charge in [-0.05, 0) is 62.9 Å². The van der Waals surface area contributed by atoms with Crippen molar-refractivity contribution < 1.29 is 14.3 Å². The van der Waals surface area contributed by atoms with Crippen LogP contribution in [-0.2, 0) is 17.7 Å². The third-order valence-electron chi connectivity index (χ3n) is 7.15. The van der Waals surface area contributed by atoms with Gasteiger partial charge in [-0.2, -0.15) is 0 Å². The topological polar surface area (TPSA) is 102 Å². The van der Waals surface area contributed by atoms with Gasteiger partial charge in [0.25, 0.3) is 11.8 Å². The van der Waals surface area contributed by atoms with Crippen molar-refractivity contribution >= 4 is 28.8 Å². The Bertz CT molecular complexity index is 1550. The Morgan fingerprint density at radius 3 is 2.77 bits per heavy atom. The normalized spacial score (nSPS) is 14.9. The number of amides is 2. The first kappa shape index (κ1) is 25.4. The Labute approximate surface area is 230 Å². The Morgan fingerprint density at radius 2 is 1.97 bits per heavy atom. The van der Waals surface area contributed by atoms with Crippen molar-refractivity contribution in [3.8, 4) is 22.0 Å². The van der Waals surface area contributed by atoms with E-state index in [1.807, 2.05) is 60.9 Å². The maximum absolute atomic E-state index is 13.9. The van der Waals surface area contributed by atoms with Gasteiger partial charge in [-0.25, -0.2) is 4.98 Å². The van der Waals surface area contributed by atoms with Gasteiger partial charge in [0.2, 0.25) is 0 Å². The smallest absolute Gasteiger partial charge is 0.276 e. The third-order valence-corrected chi connectivity index (χ3v) is 8.36. The number of para-hydroxylation sites is 1. The van der Waals surface area contributed by atoms with Crippen molar-refractivity contribution in [2.75, 3.05) is 18.6 Å². The molecular weight excluding hydrogens is 512 g/mol. The van der Waals surface area contributed by atoms with Gasteiger partial charge >= 0.3 is 0 Å². The van der Waals surface area contributed by atoms with E-state index >= 15 is 0 Å². The summed E-state index contributed by atoms with van der Waals surface area (Å²) >= 11 is 1.49. The molecule has 2 amide bonds. The lowest BCUT2D eigenvalue weighted by Crippen LogP contribution is -2.33. The minimum Gasteiger partial charge on any atom is -0.377 e. The van der Waals surface area contributed by atoms with Crippen LogP contribution in [0.3, 0.4) is 0 Å². The summed E-state index contributed by atoms with van der Waals surface area (Å²) in [6, 6.07) is 15.5. The zero-order valence-electron chi connectivity index (χ0n) is 22.2. The van der Waals surface area contributed by atoms with Crippen LogP contribution in [0, 0.1) is 0 Å². The quantitative estimate of drug-likeness (QED) is 0.367. The van der Waals surface area contributed by atoms with Crippen LogP contribution in [0.2, 0.25) is 0 Å². The highest BCUT2D eigenvalue weighted by Gasteiger charge is 2.30. The first-order chi connectivity index (χ1) is 18.8. The lowest BCUT2D eigenvalue weighted by atomic mass is 10.1. The number of carbonyl (C=O) groups excluding carboxylic acids is 2. The molecule has 39 heavy (non-hydrogen) atoms. The van der Waals surface area contributed by atoms with E-state index in [0.29, 0.717) is 42.8 Å². The maximum atomic E-state index is 13.9. The average molecular weight is 543 g/mol. The van der Waals surface area contributed by atoms with E-state index in [4.69, 9.17) is 9.72 Å². The highest BCUT2D eigenvalue weighted by atomic mass is 32.1. The van der Waals surface area contributed by atoms with E-state index in [0.717, 1.165) is 39.4 Å². The van der Waals surface area contributed by atoms with Crippen LogP contribution in [0.15, 0.2) is 54.9 Å². The molecule has 0 saturated heterocycles. The van der Waals surface area contributed by atoms with E-state index in [-0.39, 0.29) is 11.8 Å². The molecule has 10 heteroatoms. The molecule has 1 saturated carbocycles. The fourth-order valence-electron chi connectivity index (χ4n) is 4.76. The van der Waals surface area contributed by atoms with Crippen molar-refractivity contribution in [1.82, 2.24) is 25.1 Å². The van der Waals surface area contributed by atoms with E-state index in [2.05, 4.69) is 15.5 Å². The molecule has 2 aliphatic rings. The molecule has 1 N–H and O–H groups in total. The molecule has 4 heterocycles. The molecule has 0 bridgehead atoms. The second-order valence-corrected chi connectivity index (χ2v) is 11.6. The Hall–Kier alpha value is -3.89. The van der Waals surface area contributed by atoms with E-state index in [1.165, 1.54) is 11.3 Å². The minimum atomic E-state index is -0.418. The standard InChI is InChI=1S/C29H30N6O3S/c1-29(2,38-3)16-34-17-30-33-26(34)21-8-6-9-22(32-21)28(37)35-14-13-18-15-24(27(36)31-19-11-12-19)39-25(18)20-7-4-5-10-23(20)35/h4-10,15,17,19H,11-14,16H2,1-3H3,(H,31,36). The molecule has 0 radical (unpaired) electrons. The van der Waals surface area contributed by atoms with Crippen molar-refractivity contribution in [3.05, 3.63) is 71.0 Å². The van der Waals surface area contributed by atoms with Crippen LogP contribution in [0.25, 0.3) is 22.0 Å². The van der Waals surface area contributed by atoms with Crippen molar-refractivity contribution in [2.24, 2.45) is 0 Å². The minimum absolute atomic E-state index is 0.0104. The van der Waals surface area contributed by atoms with E-state index < -0.39 is 5.60 Å². The summed E-state index contributed by atoms with van der Waals surface area (Å²) in [4.78, 5) is 34.9. The molecule has 0 unspecified atom stereocenters. The van der Waals surface area contributed by atoms with Gasteiger partial charge in [0.1, 0.15) is 17.7 Å². The Morgan fingerprint density at radius 1 is 1.15 bits per heavy atom. The average Bonchev–Trinajstić information content (AvgIpc) is 3.51. The molecule has 9 nitrogen and oxygen atoms in total. The number of benzene rings is 1. The Kier molecular flexibility index (Phi) is 6.52. The van der Waals surface area contributed by atoms with E-state index in [1.54, 1.807) is 24.4 Å². The van der Waals surface area contributed by atoms with Gasteiger partial charge in [0.05, 0.1) is 22.7 Å². The van der Waals surface area contributed by atoms with Crippen LogP contribution in [0.4, 0.5) is 5.69 Å². The second kappa shape index (κ2) is 10.0. The molecule has 0 spiro atoms. The summed E-state index contributed by atoms with van der Waals surface area (Å²) in [7, 11) is 1.67. The number of hydrogen-bond acceptors (Lipinski definition) is 7. The molecule has 6 rings (SSSR count). The molecular formula is C29H30N6O3S. The summed E-state index contributed by atoms with van der Waals surface area (Å²) in [5.74, 6) is 0.378. The molecule has 1 aliphatic carbocycles. The number of nitrogens with one attached hydrogen (secondary N) is 1. The molecule has 0 atom stereocenters. The predicted molar refractivity (Wildman–Crippen MR) is 150 cm³/mol. The number of aromatic nitrogens is 4.